The van der Waals surface area contributed by atoms with Gasteiger partial charge in [-0.15, -0.1) is 11.3 Å². The summed E-state index contributed by atoms with van der Waals surface area (Å²) < 4.78 is 11.3. The van der Waals surface area contributed by atoms with Gasteiger partial charge < -0.3 is 25.0 Å². The van der Waals surface area contributed by atoms with Crippen LogP contribution in [0.1, 0.15) is 41.9 Å². The second-order valence-electron chi connectivity index (χ2n) is 10.1. The number of hydrogen-bond donors (Lipinski definition) is 2. The average molecular weight is 564 g/mol. The van der Waals surface area contributed by atoms with Gasteiger partial charge in [0.2, 0.25) is 5.91 Å². The molecule has 0 aliphatic carbocycles. The average Bonchev–Trinajstić information content (AvgIpc) is 3.31. The van der Waals surface area contributed by atoms with Gasteiger partial charge in [-0.1, -0.05) is 6.58 Å². The van der Waals surface area contributed by atoms with Crippen molar-refractivity contribution in [3.63, 3.8) is 0 Å². The smallest absolute Gasteiger partial charge is 0.331 e. The Morgan fingerprint density at radius 2 is 2.10 bits per heavy atom. The number of thiophene rings is 1. The van der Waals surface area contributed by atoms with Gasteiger partial charge in [-0.2, -0.15) is 0 Å². The van der Waals surface area contributed by atoms with Gasteiger partial charge in [-0.25, -0.2) is 9.78 Å². The van der Waals surface area contributed by atoms with E-state index in [0.717, 1.165) is 23.8 Å². The Morgan fingerprint density at radius 1 is 1.27 bits per heavy atom. The number of carbonyl (C=O) groups excluding carboxylic acids is 3. The zero-order chi connectivity index (χ0) is 28.4. The molecule has 2 aliphatic heterocycles. The monoisotopic (exact) mass is 563 g/mol. The van der Waals surface area contributed by atoms with E-state index in [2.05, 4.69) is 22.2 Å². The van der Waals surface area contributed by atoms with Crippen molar-refractivity contribution < 1.29 is 23.9 Å². The number of nitrogens with one attached hydrogen (secondary N) is 2. The van der Waals surface area contributed by atoms with E-state index in [4.69, 9.17) is 9.47 Å². The van der Waals surface area contributed by atoms with E-state index in [1.54, 1.807) is 22.1 Å². The first-order valence-electron chi connectivity index (χ1n) is 13.4. The van der Waals surface area contributed by atoms with Crippen LogP contribution in [0.4, 0.5) is 21.9 Å². The maximum absolute atomic E-state index is 13.5. The summed E-state index contributed by atoms with van der Waals surface area (Å²) in [7, 11) is 0. The summed E-state index contributed by atoms with van der Waals surface area (Å²) in [6, 6.07) is 6.80. The molecule has 2 N–H and O–H groups in total. The van der Waals surface area contributed by atoms with E-state index in [1.165, 1.54) is 17.4 Å². The van der Waals surface area contributed by atoms with Gasteiger partial charge >= 0.3 is 6.03 Å². The maximum Gasteiger partial charge on any atom is 0.331 e. The number of hydrogen-bond acceptors (Lipinski definition) is 7. The molecule has 4 amide bonds. The molecule has 210 valence electrons. The number of aromatic nitrogens is 1. The highest BCUT2D eigenvalue weighted by atomic mass is 32.1. The summed E-state index contributed by atoms with van der Waals surface area (Å²) >= 11 is 1.24. The molecule has 1 fully saturated rings. The Morgan fingerprint density at radius 3 is 2.85 bits per heavy atom. The standard InChI is InChI=1S/C29H33N5O5S/c1-5-23(35)33-12-6-7-19(16-33)31-27(36)26-25-24-22(10-11-30-28(24)40-26)34(29(37)32-25)21-9-8-20(15-18(21)4)39-14-13-38-17(2)3/h5,8-11,15,17,19H,1,6-7,12-14,16H2,2-4H3,(H,31,36)(H,32,37). The molecule has 1 saturated heterocycles. The van der Waals surface area contributed by atoms with Gasteiger partial charge in [0.1, 0.15) is 22.1 Å². The SMILES string of the molecule is C=CC(=O)N1CCCC(NC(=O)c2sc3nccc4c3c2NC(=O)N4c2ccc(OCCOC(C)C)cc2C)C1. The zero-order valence-corrected chi connectivity index (χ0v) is 23.7. The van der Waals surface area contributed by atoms with E-state index in [-0.39, 0.29) is 30.0 Å². The van der Waals surface area contributed by atoms with Crippen LogP contribution in [0, 0.1) is 6.92 Å². The van der Waals surface area contributed by atoms with Crippen molar-refractivity contribution in [1.82, 2.24) is 15.2 Å². The molecular formula is C29H33N5O5S. The number of benzene rings is 1. The van der Waals surface area contributed by atoms with E-state index in [0.29, 0.717) is 58.8 Å². The van der Waals surface area contributed by atoms with Crippen LogP contribution in [-0.4, -0.2) is 66.2 Å². The van der Waals surface area contributed by atoms with Gasteiger partial charge in [0.05, 0.1) is 35.2 Å². The minimum Gasteiger partial charge on any atom is -0.491 e. The van der Waals surface area contributed by atoms with Crippen LogP contribution < -0.4 is 20.3 Å². The molecule has 2 aliphatic rings. The molecule has 0 bridgehead atoms. The van der Waals surface area contributed by atoms with Crippen molar-refractivity contribution in [3.05, 3.63) is 53.6 Å². The first-order valence-corrected chi connectivity index (χ1v) is 14.2. The third-order valence-electron chi connectivity index (χ3n) is 6.91. The van der Waals surface area contributed by atoms with E-state index in [9.17, 15) is 14.4 Å². The summed E-state index contributed by atoms with van der Waals surface area (Å²) in [5.74, 6) is 0.249. The van der Waals surface area contributed by atoms with Gasteiger partial charge in [-0.05, 0) is 69.5 Å². The number of carbonyl (C=O) groups is 3. The molecule has 10 nitrogen and oxygen atoms in total. The molecule has 40 heavy (non-hydrogen) atoms. The fourth-order valence-corrected chi connectivity index (χ4v) is 6.09. The Hall–Kier alpha value is -3.96. The summed E-state index contributed by atoms with van der Waals surface area (Å²) in [6.45, 7) is 11.4. The minimum atomic E-state index is -0.366. The van der Waals surface area contributed by atoms with Crippen LogP contribution in [0.5, 0.6) is 5.75 Å². The molecule has 1 aromatic carbocycles. The molecule has 0 spiro atoms. The largest absolute Gasteiger partial charge is 0.491 e. The highest BCUT2D eigenvalue weighted by Gasteiger charge is 2.34. The molecule has 3 aromatic rings. The molecular weight excluding hydrogens is 530 g/mol. The Balaban J connectivity index is 1.39. The fourth-order valence-electron chi connectivity index (χ4n) is 5.07. The lowest BCUT2D eigenvalue weighted by molar-refractivity contribution is -0.127. The third-order valence-corrected chi connectivity index (χ3v) is 8.00. The number of piperidine rings is 1. The number of aryl methyl sites for hydroxylation is 1. The predicted molar refractivity (Wildman–Crippen MR) is 156 cm³/mol. The number of urea groups is 1. The van der Waals surface area contributed by atoms with Crippen molar-refractivity contribution >= 4 is 56.5 Å². The summed E-state index contributed by atoms with van der Waals surface area (Å²) in [4.78, 5) is 47.8. The lowest BCUT2D eigenvalue weighted by atomic mass is 10.1. The molecule has 5 rings (SSSR count). The van der Waals surface area contributed by atoms with Crippen molar-refractivity contribution in [2.45, 2.75) is 45.8 Å². The van der Waals surface area contributed by atoms with E-state index >= 15 is 0 Å². The number of ether oxygens (including phenoxy) is 2. The van der Waals surface area contributed by atoms with Crippen molar-refractivity contribution in [2.75, 3.05) is 36.5 Å². The van der Waals surface area contributed by atoms with Crippen LogP contribution >= 0.6 is 11.3 Å². The van der Waals surface area contributed by atoms with E-state index < -0.39 is 0 Å². The number of amides is 4. The topological polar surface area (TPSA) is 113 Å². The molecule has 2 aromatic heterocycles. The first kappa shape index (κ1) is 27.6. The lowest BCUT2D eigenvalue weighted by Gasteiger charge is -2.32. The van der Waals surface area contributed by atoms with Crippen molar-refractivity contribution in [2.24, 2.45) is 0 Å². The Bertz CT molecular complexity index is 1470. The normalized spacial score (nSPS) is 16.7. The number of pyridine rings is 1. The van der Waals surface area contributed by atoms with E-state index in [1.807, 2.05) is 39.0 Å². The quantitative estimate of drug-likeness (QED) is 0.280. The Kier molecular flexibility index (Phi) is 8.04. The van der Waals surface area contributed by atoms with Crippen LogP contribution in [0.2, 0.25) is 0 Å². The summed E-state index contributed by atoms with van der Waals surface area (Å²) in [6.07, 6.45) is 4.63. The summed E-state index contributed by atoms with van der Waals surface area (Å²) in [5, 5.41) is 6.71. The van der Waals surface area contributed by atoms with Gasteiger partial charge in [0.15, 0.2) is 0 Å². The van der Waals surface area contributed by atoms with Crippen LogP contribution in [0.15, 0.2) is 43.1 Å². The summed E-state index contributed by atoms with van der Waals surface area (Å²) in [5.41, 5.74) is 2.67. The second-order valence-corrected chi connectivity index (χ2v) is 11.1. The fraction of sp³-hybridized carbons (Fsp3) is 0.379. The lowest BCUT2D eigenvalue weighted by Crippen LogP contribution is -2.49. The second kappa shape index (κ2) is 11.6. The molecule has 1 unspecified atom stereocenters. The molecule has 1 atom stereocenters. The first-order chi connectivity index (χ1) is 19.3. The van der Waals surface area contributed by atoms with Crippen molar-refractivity contribution in [1.29, 1.82) is 0 Å². The number of nitrogens with zero attached hydrogens (tertiary/aromatic N) is 3. The predicted octanol–water partition coefficient (Wildman–Crippen LogP) is 5.00. The minimum absolute atomic E-state index is 0.141. The number of anilines is 3. The molecule has 0 radical (unpaired) electrons. The van der Waals surface area contributed by atoms with Crippen LogP contribution in [-0.2, 0) is 9.53 Å². The molecule has 4 heterocycles. The number of likely N-dealkylation sites (tertiary alicyclic amines) is 1. The van der Waals surface area contributed by atoms with Crippen LogP contribution in [0.25, 0.3) is 10.2 Å². The highest BCUT2D eigenvalue weighted by Crippen LogP contribution is 2.46. The molecule has 11 heteroatoms. The maximum atomic E-state index is 13.5. The highest BCUT2D eigenvalue weighted by molar-refractivity contribution is 7.21. The van der Waals surface area contributed by atoms with Gasteiger partial charge in [0, 0.05) is 25.3 Å². The zero-order valence-electron chi connectivity index (χ0n) is 22.9. The Labute approximate surface area is 236 Å². The van der Waals surface area contributed by atoms with Crippen LogP contribution in [0.3, 0.4) is 0 Å². The van der Waals surface area contributed by atoms with Gasteiger partial charge in [0.25, 0.3) is 5.91 Å². The third kappa shape index (κ3) is 5.52. The number of rotatable bonds is 9. The molecule has 0 saturated carbocycles. The van der Waals surface area contributed by atoms with Crippen molar-refractivity contribution in [3.8, 4) is 5.75 Å². The van der Waals surface area contributed by atoms with Gasteiger partial charge in [-0.3, -0.25) is 14.5 Å².